The summed E-state index contributed by atoms with van der Waals surface area (Å²) in [6.45, 7) is 0. The van der Waals surface area contributed by atoms with Crippen LogP contribution in [0.5, 0.6) is 0 Å². The highest BCUT2D eigenvalue weighted by Crippen LogP contribution is 2.48. The van der Waals surface area contributed by atoms with Crippen molar-refractivity contribution >= 4 is 38.4 Å². The van der Waals surface area contributed by atoms with Crippen LogP contribution in [0, 0.1) is 0 Å². The second-order valence-corrected chi connectivity index (χ2v) is 9.73. The number of rotatable bonds is 0. The average molecular weight is 447 g/mol. The zero-order chi connectivity index (χ0) is 22.7. The van der Waals surface area contributed by atoms with Gasteiger partial charge in [-0.25, -0.2) is 4.98 Å². The number of nitrogens with zero attached hydrogens (tertiary/aromatic N) is 4. The van der Waals surface area contributed by atoms with Gasteiger partial charge in [0.05, 0.1) is 22.7 Å². The van der Waals surface area contributed by atoms with Crippen LogP contribution in [-0.4, -0.2) is 19.4 Å². The molecule has 4 aromatic heterocycles. The van der Waals surface area contributed by atoms with Gasteiger partial charge in [-0.3, -0.25) is 14.4 Å². The minimum Gasteiger partial charge on any atom is -0.290 e. The molecule has 0 bridgehead atoms. The Balaban J connectivity index is 1.46. The molecule has 7 aromatic rings. The van der Waals surface area contributed by atoms with Crippen molar-refractivity contribution in [3.05, 3.63) is 108 Å². The molecule has 4 heteroatoms. The van der Waals surface area contributed by atoms with E-state index in [1.807, 2.05) is 30.9 Å². The lowest BCUT2D eigenvalue weighted by atomic mass is 9.93. The molecular formula is C31H18N4. The molecule has 4 heterocycles. The Labute approximate surface area is 200 Å². The van der Waals surface area contributed by atoms with Gasteiger partial charge in [-0.1, -0.05) is 42.5 Å². The Morgan fingerprint density at radius 1 is 0.629 bits per heavy atom. The summed E-state index contributed by atoms with van der Waals surface area (Å²) in [6.07, 6.45) is 9.60. The average Bonchev–Trinajstić information content (AvgIpc) is 3.58. The molecule has 0 spiro atoms. The molecule has 0 radical (unpaired) electrons. The molecule has 0 aliphatic heterocycles. The highest BCUT2D eigenvalue weighted by Gasteiger charge is 2.28. The van der Waals surface area contributed by atoms with E-state index in [1.54, 1.807) is 0 Å². The summed E-state index contributed by atoms with van der Waals surface area (Å²) in [6, 6.07) is 22.4. The van der Waals surface area contributed by atoms with Crippen LogP contribution in [0.25, 0.3) is 60.6 Å². The quantitative estimate of drug-likeness (QED) is 0.243. The molecule has 2 aliphatic rings. The van der Waals surface area contributed by atoms with Gasteiger partial charge in [0.25, 0.3) is 0 Å². The molecule has 162 valence electrons. The highest BCUT2D eigenvalue weighted by molar-refractivity contribution is 6.20. The lowest BCUT2D eigenvalue weighted by Gasteiger charge is -2.13. The van der Waals surface area contributed by atoms with E-state index in [-0.39, 0.29) is 0 Å². The molecule has 0 unspecified atom stereocenters. The largest absolute Gasteiger partial charge is 0.290 e. The van der Waals surface area contributed by atoms with E-state index >= 15 is 0 Å². The van der Waals surface area contributed by atoms with Gasteiger partial charge in [-0.2, -0.15) is 0 Å². The first-order valence-electron chi connectivity index (χ1n) is 12.0. The van der Waals surface area contributed by atoms with Gasteiger partial charge >= 0.3 is 0 Å². The van der Waals surface area contributed by atoms with E-state index in [0.717, 1.165) is 45.8 Å². The molecule has 0 N–H and O–H groups in total. The van der Waals surface area contributed by atoms with Crippen molar-refractivity contribution < 1.29 is 0 Å². The third kappa shape index (κ3) is 2.15. The van der Waals surface area contributed by atoms with E-state index in [2.05, 4.69) is 69.0 Å². The first kappa shape index (κ1) is 17.8. The van der Waals surface area contributed by atoms with Crippen LogP contribution in [-0.2, 0) is 12.8 Å². The third-order valence-electron chi connectivity index (χ3n) is 7.97. The Kier molecular flexibility index (Phi) is 3.11. The minimum atomic E-state index is 0.959. The number of hydrogen-bond donors (Lipinski definition) is 0. The van der Waals surface area contributed by atoms with E-state index in [0.29, 0.717) is 0 Å². The van der Waals surface area contributed by atoms with Gasteiger partial charge in [-0.15, -0.1) is 0 Å². The van der Waals surface area contributed by atoms with Crippen LogP contribution >= 0.6 is 0 Å². The summed E-state index contributed by atoms with van der Waals surface area (Å²) in [4.78, 5) is 14.0. The fourth-order valence-electron chi connectivity index (χ4n) is 6.51. The monoisotopic (exact) mass is 446 g/mol. The molecule has 0 fully saturated rings. The predicted octanol–water partition coefficient (Wildman–Crippen LogP) is 6.73. The molecule has 3 aromatic carbocycles. The molecule has 4 nitrogen and oxygen atoms in total. The number of pyridine rings is 3. The van der Waals surface area contributed by atoms with E-state index in [1.165, 1.54) is 49.9 Å². The summed E-state index contributed by atoms with van der Waals surface area (Å²) in [5.41, 5.74) is 15.2. The van der Waals surface area contributed by atoms with Gasteiger partial charge < -0.3 is 0 Å². The normalized spacial score (nSPS) is 13.5. The Hall–Kier alpha value is -4.57. The molecule has 0 saturated carbocycles. The maximum absolute atomic E-state index is 5.07. The van der Waals surface area contributed by atoms with Crippen LogP contribution in [0.1, 0.15) is 22.3 Å². The van der Waals surface area contributed by atoms with Crippen molar-refractivity contribution in [2.24, 2.45) is 0 Å². The number of imidazole rings is 1. The molecule has 9 rings (SSSR count). The van der Waals surface area contributed by atoms with Crippen LogP contribution in [0.4, 0.5) is 0 Å². The Morgan fingerprint density at radius 3 is 2.49 bits per heavy atom. The molecule has 0 amide bonds. The van der Waals surface area contributed by atoms with Crippen molar-refractivity contribution in [1.29, 1.82) is 0 Å². The van der Waals surface area contributed by atoms with Gasteiger partial charge in [0.1, 0.15) is 5.65 Å². The van der Waals surface area contributed by atoms with Gasteiger partial charge in [0.15, 0.2) is 0 Å². The Morgan fingerprint density at radius 2 is 1.49 bits per heavy atom. The van der Waals surface area contributed by atoms with Crippen LogP contribution < -0.4 is 0 Å². The fraction of sp³-hybridized carbons (Fsp3) is 0.0645. The molecule has 35 heavy (non-hydrogen) atoms. The van der Waals surface area contributed by atoms with E-state index in [9.17, 15) is 0 Å². The van der Waals surface area contributed by atoms with Crippen molar-refractivity contribution in [2.45, 2.75) is 12.8 Å². The highest BCUT2D eigenvalue weighted by atomic mass is 15.0. The fourth-order valence-corrected chi connectivity index (χ4v) is 6.51. The first-order chi connectivity index (χ1) is 17.3. The summed E-state index contributed by atoms with van der Waals surface area (Å²) in [5, 5.41) is 3.57. The SMILES string of the molecule is c1ccc2c(c1)Cc1cc3c(cc1-2)-c1c(ccc2c1c1cnccc1n1c4cnccc4nc21)C3. The topological polar surface area (TPSA) is 43.1 Å². The first-order valence-corrected chi connectivity index (χ1v) is 12.0. The van der Waals surface area contributed by atoms with Crippen LogP contribution in [0.2, 0.25) is 0 Å². The number of benzene rings is 3. The zero-order valence-electron chi connectivity index (χ0n) is 18.8. The standard InChI is InChI=1S/C31H18N4/c1-2-4-21-17(3-1)11-19-13-20-12-18-5-6-22-30(29(18)24(20)14-23(19)21)25-15-32-10-8-27(25)35-28-16-33-9-7-26(28)34-31(22)35/h1-10,13-16H,11-12H2. The van der Waals surface area contributed by atoms with Crippen molar-refractivity contribution in [3.63, 3.8) is 0 Å². The van der Waals surface area contributed by atoms with Crippen molar-refractivity contribution in [1.82, 2.24) is 19.4 Å². The van der Waals surface area contributed by atoms with Gasteiger partial charge in [0, 0.05) is 34.7 Å². The zero-order valence-corrected chi connectivity index (χ0v) is 18.8. The maximum atomic E-state index is 5.07. The number of hydrogen-bond acceptors (Lipinski definition) is 3. The predicted molar refractivity (Wildman–Crippen MR) is 140 cm³/mol. The summed E-state index contributed by atoms with van der Waals surface area (Å²) < 4.78 is 2.24. The second kappa shape index (κ2) is 6.10. The van der Waals surface area contributed by atoms with Crippen LogP contribution in [0.3, 0.4) is 0 Å². The number of aromatic nitrogens is 4. The minimum absolute atomic E-state index is 0.959. The van der Waals surface area contributed by atoms with Gasteiger partial charge in [0.2, 0.25) is 0 Å². The number of fused-ring (bicyclic) bond motifs is 15. The molecule has 0 atom stereocenters. The van der Waals surface area contributed by atoms with Crippen LogP contribution in [0.15, 0.2) is 85.5 Å². The van der Waals surface area contributed by atoms with E-state index in [4.69, 9.17) is 4.98 Å². The smallest absolute Gasteiger partial charge is 0.146 e. The molecule has 0 saturated heterocycles. The van der Waals surface area contributed by atoms with Crippen molar-refractivity contribution in [3.8, 4) is 22.3 Å². The maximum Gasteiger partial charge on any atom is 0.146 e. The summed E-state index contributed by atoms with van der Waals surface area (Å²) in [7, 11) is 0. The molecule has 2 aliphatic carbocycles. The lowest BCUT2D eigenvalue weighted by molar-refractivity contribution is 1.21. The van der Waals surface area contributed by atoms with E-state index < -0.39 is 0 Å². The van der Waals surface area contributed by atoms with Gasteiger partial charge in [-0.05, 0) is 75.5 Å². The summed E-state index contributed by atoms with van der Waals surface area (Å²) in [5.74, 6) is 0. The van der Waals surface area contributed by atoms with Crippen molar-refractivity contribution in [2.75, 3.05) is 0 Å². The molecular weight excluding hydrogens is 428 g/mol. The Bertz CT molecular complexity index is 2070. The summed E-state index contributed by atoms with van der Waals surface area (Å²) >= 11 is 0. The lowest BCUT2D eigenvalue weighted by Crippen LogP contribution is -1.94. The second-order valence-electron chi connectivity index (χ2n) is 9.73. The third-order valence-corrected chi connectivity index (χ3v) is 7.97.